The van der Waals surface area contributed by atoms with E-state index in [2.05, 4.69) is 5.32 Å². The number of rotatable bonds is 5. The summed E-state index contributed by atoms with van der Waals surface area (Å²) in [6.07, 6.45) is 0. The normalized spacial score (nSPS) is 12.2. The Bertz CT molecular complexity index is 663. The lowest BCUT2D eigenvalue weighted by atomic mass is 10.1. The molecule has 0 aliphatic heterocycles. The molecule has 3 nitrogen and oxygen atoms in total. The Morgan fingerprint density at radius 1 is 1.27 bits per heavy atom. The van der Waals surface area contributed by atoms with Gasteiger partial charge in [-0.3, -0.25) is 9.69 Å². The number of anilines is 1. The maximum Gasteiger partial charge on any atom is 0.241 e. The van der Waals surface area contributed by atoms with E-state index in [9.17, 15) is 9.18 Å². The number of hydrogen-bond donors (Lipinski definition) is 1. The van der Waals surface area contributed by atoms with Crippen molar-refractivity contribution in [3.63, 3.8) is 0 Å². The van der Waals surface area contributed by atoms with Crippen LogP contribution in [0, 0.1) is 5.82 Å². The van der Waals surface area contributed by atoms with Gasteiger partial charge in [0.25, 0.3) is 0 Å². The standard InChI is InChI=1S/C17H18ClFN2O/c1-12(17(22)20-15-8-5-7-14(18)10-15)21(2)11-13-6-3-4-9-16(13)19/h3-10,12H,11H2,1-2H3,(H,20,22)/t12-/m1/s1. The number of carbonyl (C=O) groups is 1. The number of carbonyl (C=O) groups excluding carboxylic acids is 1. The fourth-order valence-corrected chi connectivity index (χ4v) is 2.24. The van der Waals surface area contributed by atoms with Crippen LogP contribution in [-0.2, 0) is 11.3 Å². The van der Waals surface area contributed by atoms with Crippen molar-refractivity contribution in [3.05, 3.63) is 64.9 Å². The van der Waals surface area contributed by atoms with Gasteiger partial charge in [0.05, 0.1) is 6.04 Å². The Hall–Kier alpha value is -1.91. The molecule has 2 aromatic rings. The van der Waals surface area contributed by atoms with Gasteiger partial charge in [-0.05, 0) is 38.2 Å². The molecule has 0 unspecified atom stereocenters. The molecule has 1 amide bonds. The minimum atomic E-state index is -0.404. The molecule has 1 atom stereocenters. The fourth-order valence-electron chi connectivity index (χ4n) is 2.05. The number of benzene rings is 2. The van der Waals surface area contributed by atoms with Crippen molar-refractivity contribution in [3.8, 4) is 0 Å². The second kappa shape index (κ2) is 7.38. The van der Waals surface area contributed by atoms with Crippen LogP contribution in [-0.4, -0.2) is 23.9 Å². The summed E-state index contributed by atoms with van der Waals surface area (Å²) in [7, 11) is 1.79. The van der Waals surface area contributed by atoms with E-state index >= 15 is 0 Å². The molecule has 0 aromatic heterocycles. The summed E-state index contributed by atoms with van der Waals surface area (Å²) in [6.45, 7) is 2.14. The summed E-state index contributed by atoms with van der Waals surface area (Å²) < 4.78 is 13.7. The molecule has 0 heterocycles. The molecule has 0 radical (unpaired) electrons. The van der Waals surface area contributed by atoms with Crippen molar-refractivity contribution in [1.82, 2.24) is 4.90 Å². The summed E-state index contributed by atoms with van der Waals surface area (Å²) in [5.74, 6) is -0.432. The predicted octanol–water partition coefficient (Wildman–Crippen LogP) is 3.94. The molecule has 22 heavy (non-hydrogen) atoms. The van der Waals surface area contributed by atoms with Crippen LogP contribution in [0.25, 0.3) is 0 Å². The van der Waals surface area contributed by atoms with E-state index in [1.54, 1.807) is 61.3 Å². The molecule has 2 aromatic carbocycles. The molecular weight excluding hydrogens is 303 g/mol. The summed E-state index contributed by atoms with van der Waals surface area (Å²) in [5, 5.41) is 3.37. The van der Waals surface area contributed by atoms with Crippen molar-refractivity contribution < 1.29 is 9.18 Å². The Morgan fingerprint density at radius 2 is 2.00 bits per heavy atom. The quantitative estimate of drug-likeness (QED) is 0.905. The van der Waals surface area contributed by atoms with Gasteiger partial charge in [-0.2, -0.15) is 0 Å². The summed E-state index contributed by atoms with van der Waals surface area (Å²) in [4.78, 5) is 14.0. The van der Waals surface area contributed by atoms with Gasteiger partial charge in [0, 0.05) is 22.8 Å². The van der Waals surface area contributed by atoms with Crippen LogP contribution in [0.15, 0.2) is 48.5 Å². The largest absolute Gasteiger partial charge is 0.325 e. The van der Waals surface area contributed by atoms with Gasteiger partial charge in [0.1, 0.15) is 5.82 Å². The zero-order chi connectivity index (χ0) is 16.1. The number of halogens is 2. The molecule has 0 aliphatic carbocycles. The number of nitrogens with zero attached hydrogens (tertiary/aromatic N) is 1. The Labute approximate surface area is 134 Å². The first-order valence-corrected chi connectivity index (χ1v) is 7.35. The van der Waals surface area contributed by atoms with Gasteiger partial charge >= 0.3 is 0 Å². The molecule has 0 saturated carbocycles. The molecule has 1 N–H and O–H groups in total. The van der Waals surface area contributed by atoms with Crippen LogP contribution >= 0.6 is 11.6 Å². The monoisotopic (exact) mass is 320 g/mol. The first-order chi connectivity index (χ1) is 10.5. The minimum Gasteiger partial charge on any atom is -0.325 e. The maximum absolute atomic E-state index is 13.7. The van der Waals surface area contributed by atoms with E-state index in [-0.39, 0.29) is 11.7 Å². The summed E-state index contributed by atoms with van der Waals surface area (Å²) in [6, 6.07) is 13.1. The maximum atomic E-state index is 13.7. The van der Waals surface area contributed by atoms with Crippen LogP contribution in [0.4, 0.5) is 10.1 Å². The number of nitrogens with one attached hydrogen (secondary N) is 1. The third-order valence-electron chi connectivity index (χ3n) is 3.51. The number of hydrogen-bond acceptors (Lipinski definition) is 2. The Balaban J connectivity index is 1.99. The number of amides is 1. The van der Waals surface area contributed by atoms with Crippen molar-refractivity contribution >= 4 is 23.2 Å². The SMILES string of the molecule is C[C@H](C(=O)Nc1cccc(Cl)c1)N(C)Cc1ccccc1F. The highest BCUT2D eigenvalue weighted by Gasteiger charge is 2.19. The van der Waals surface area contributed by atoms with Crippen molar-refractivity contribution in [2.45, 2.75) is 19.5 Å². The molecular formula is C17H18ClFN2O. The Kier molecular flexibility index (Phi) is 5.52. The van der Waals surface area contributed by atoms with Gasteiger partial charge in [0.2, 0.25) is 5.91 Å². The smallest absolute Gasteiger partial charge is 0.241 e. The molecule has 0 bridgehead atoms. The predicted molar refractivity (Wildman–Crippen MR) is 87.4 cm³/mol. The lowest BCUT2D eigenvalue weighted by Crippen LogP contribution is -2.39. The molecule has 5 heteroatoms. The second-order valence-electron chi connectivity index (χ2n) is 5.18. The topological polar surface area (TPSA) is 32.3 Å². The van der Waals surface area contributed by atoms with Crippen molar-refractivity contribution in [2.24, 2.45) is 0 Å². The van der Waals surface area contributed by atoms with Crippen molar-refractivity contribution in [1.29, 1.82) is 0 Å². The van der Waals surface area contributed by atoms with E-state index in [1.165, 1.54) is 6.07 Å². The van der Waals surface area contributed by atoms with E-state index in [4.69, 9.17) is 11.6 Å². The third kappa shape index (κ3) is 4.29. The minimum absolute atomic E-state index is 0.166. The van der Waals surface area contributed by atoms with E-state index < -0.39 is 6.04 Å². The van der Waals surface area contributed by atoms with Crippen LogP contribution in [0.2, 0.25) is 5.02 Å². The molecule has 0 spiro atoms. The van der Waals surface area contributed by atoms with E-state index in [0.717, 1.165) is 0 Å². The van der Waals surface area contributed by atoms with Crippen molar-refractivity contribution in [2.75, 3.05) is 12.4 Å². The summed E-state index contributed by atoms with van der Waals surface area (Å²) in [5.41, 5.74) is 1.20. The van der Waals surface area contributed by atoms with E-state index in [1.807, 2.05) is 0 Å². The van der Waals surface area contributed by atoms with E-state index in [0.29, 0.717) is 22.8 Å². The lowest BCUT2D eigenvalue weighted by Gasteiger charge is -2.24. The highest BCUT2D eigenvalue weighted by Crippen LogP contribution is 2.16. The Morgan fingerprint density at radius 3 is 2.68 bits per heavy atom. The lowest BCUT2D eigenvalue weighted by molar-refractivity contribution is -0.120. The molecule has 0 aliphatic rings. The molecule has 2 rings (SSSR count). The zero-order valence-corrected chi connectivity index (χ0v) is 13.3. The highest BCUT2D eigenvalue weighted by molar-refractivity contribution is 6.30. The van der Waals surface area contributed by atoms with Gasteiger partial charge < -0.3 is 5.32 Å². The average molecular weight is 321 g/mol. The van der Waals surface area contributed by atoms with Crippen LogP contribution in [0.1, 0.15) is 12.5 Å². The van der Waals surface area contributed by atoms with Crippen LogP contribution < -0.4 is 5.32 Å². The van der Waals surface area contributed by atoms with Gasteiger partial charge in [-0.25, -0.2) is 4.39 Å². The van der Waals surface area contributed by atoms with Crippen LogP contribution in [0.5, 0.6) is 0 Å². The fraction of sp³-hybridized carbons (Fsp3) is 0.235. The first-order valence-electron chi connectivity index (χ1n) is 6.97. The highest BCUT2D eigenvalue weighted by atomic mass is 35.5. The van der Waals surface area contributed by atoms with Gasteiger partial charge in [-0.15, -0.1) is 0 Å². The summed E-state index contributed by atoms with van der Waals surface area (Å²) >= 11 is 5.89. The second-order valence-corrected chi connectivity index (χ2v) is 5.62. The molecule has 0 fully saturated rings. The van der Waals surface area contributed by atoms with Gasteiger partial charge in [-0.1, -0.05) is 35.9 Å². The zero-order valence-electron chi connectivity index (χ0n) is 12.5. The molecule has 0 saturated heterocycles. The van der Waals surface area contributed by atoms with Gasteiger partial charge in [0.15, 0.2) is 0 Å². The molecule has 116 valence electrons. The number of likely N-dealkylation sites (N-methyl/N-ethyl adjacent to an activating group) is 1. The average Bonchev–Trinajstić information content (AvgIpc) is 2.48. The van der Waals surface area contributed by atoms with Crippen LogP contribution in [0.3, 0.4) is 0 Å². The third-order valence-corrected chi connectivity index (χ3v) is 3.75. The first kappa shape index (κ1) is 16.5.